The van der Waals surface area contributed by atoms with Crippen molar-refractivity contribution in [3.05, 3.63) is 170 Å². The lowest BCUT2D eigenvalue weighted by Gasteiger charge is -2.18. The number of para-hydroxylation sites is 1. The molecule has 0 saturated heterocycles. The normalized spacial score (nSPS) is 12.0. The number of furan rings is 2. The highest BCUT2D eigenvalue weighted by atomic mass is 16.3. The molecule has 2 aromatic heterocycles. The maximum atomic E-state index is 6.50. The Morgan fingerprint density at radius 3 is 1.46 bits per heavy atom. The molecule has 0 saturated carbocycles. The van der Waals surface area contributed by atoms with Crippen LogP contribution in [-0.4, -0.2) is 0 Å². The molecule has 0 N–H and O–H groups in total. The first-order valence-electron chi connectivity index (χ1n) is 17.1. The largest absolute Gasteiger partial charge is 0.456 e. The van der Waals surface area contributed by atoms with Gasteiger partial charge in [-0.15, -0.1) is 0 Å². The highest BCUT2D eigenvalue weighted by molar-refractivity contribution is 6.25. The van der Waals surface area contributed by atoms with Crippen LogP contribution in [0.2, 0.25) is 0 Å². The lowest BCUT2D eigenvalue weighted by Crippen LogP contribution is -1.90. The van der Waals surface area contributed by atoms with Crippen molar-refractivity contribution in [3.63, 3.8) is 0 Å². The van der Waals surface area contributed by atoms with E-state index < -0.39 is 0 Å². The summed E-state index contributed by atoms with van der Waals surface area (Å²) in [5.41, 5.74) is 10.9. The predicted molar refractivity (Wildman–Crippen MR) is 210 cm³/mol. The Morgan fingerprint density at radius 1 is 0.260 bits per heavy atom. The Hall–Kier alpha value is -6.64. The first-order valence-corrected chi connectivity index (χ1v) is 17.1. The standard InChI is InChI=1S/C48H28O2/c1-2-10-30(11-3-1)45-34-13-4-6-15-36(34)46(37-16-7-5-14-35(37)45)31-20-18-29(19-21-31)32-22-23-41-44(28-32)49-43-27-26-40-38(47(41)43)24-25-39-33-12-8-9-17-42(33)50-48(39)40/h1-28H. The summed E-state index contributed by atoms with van der Waals surface area (Å²) < 4.78 is 12.9. The summed E-state index contributed by atoms with van der Waals surface area (Å²) in [6, 6.07) is 60.8. The molecule has 0 fully saturated rings. The zero-order chi connectivity index (χ0) is 32.8. The van der Waals surface area contributed by atoms with Crippen LogP contribution in [0.4, 0.5) is 0 Å². The topological polar surface area (TPSA) is 26.3 Å². The summed E-state index contributed by atoms with van der Waals surface area (Å²) in [7, 11) is 0. The Bertz CT molecular complexity index is 3070. The van der Waals surface area contributed by atoms with Gasteiger partial charge in [0.25, 0.3) is 0 Å². The van der Waals surface area contributed by atoms with Crippen LogP contribution in [-0.2, 0) is 0 Å². The monoisotopic (exact) mass is 636 g/mol. The number of benzene rings is 9. The Kier molecular flexibility index (Phi) is 5.70. The summed E-state index contributed by atoms with van der Waals surface area (Å²) in [4.78, 5) is 0. The minimum absolute atomic E-state index is 0.882. The van der Waals surface area contributed by atoms with E-state index in [4.69, 9.17) is 8.83 Å². The van der Waals surface area contributed by atoms with Crippen LogP contribution in [0.25, 0.3) is 110 Å². The number of hydrogen-bond acceptors (Lipinski definition) is 2. The molecule has 0 atom stereocenters. The van der Waals surface area contributed by atoms with Gasteiger partial charge in [-0.25, -0.2) is 0 Å². The molecule has 0 spiro atoms. The van der Waals surface area contributed by atoms with Gasteiger partial charge in [0, 0.05) is 26.9 Å². The van der Waals surface area contributed by atoms with Crippen LogP contribution < -0.4 is 0 Å². The van der Waals surface area contributed by atoms with Gasteiger partial charge < -0.3 is 8.83 Å². The van der Waals surface area contributed by atoms with E-state index in [1.807, 2.05) is 12.1 Å². The first-order chi connectivity index (χ1) is 24.8. The third kappa shape index (κ3) is 3.90. The lowest BCUT2D eigenvalue weighted by atomic mass is 9.86. The van der Waals surface area contributed by atoms with Crippen molar-refractivity contribution in [2.45, 2.75) is 0 Å². The first kappa shape index (κ1) is 27.3. The van der Waals surface area contributed by atoms with Gasteiger partial charge >= 0.3 is 0 Å². The molecule has 2 heteroatoms. The molecule has 2 heterocycles. The highest BCUT2D eigenvalue weighted by Gasteiger charge is 2.18. The van der Waals surface area contributed by atoms with E-state index in [9.17, 15) is 0 Å². The van der Waals surface area contributed by atoms with Crippen molar-refractivity contribution >= 4 is 76.2 Å². The SMILES string of the molecule is c1ccc(-c2c3ccccc3c(-c3ccc(-c4ccc5c(c4)oc4ccc6c(ccc7c8ccccc8oc76)c45)cc3)c3ccccc23)cc1. The molecular weight excluding hydrogens is 609 g/mol. The minimum atomic E-state index is 0.882. The molecule has 0 aliphatic heterocycles. The molecule has 11 rings (SSSR count). The van der Waals surface area contributed by atoms with Crippen LogP contribution in [0.5, 0.6) is 0 Å². The van der Waals surface area contributed by atoms with Crippen molar-refractivity contribution in [2.24, 2.45) is 0 Å². The fourth-order valence-electron chi connectivity index (χ4n) is 8.23. The number of rotatable bonds is 3. The average molecular weight is 637 g/mol. The average Bonchev–Trinajstić information content (AvgIpc) is 3.76. The van der Waals surface area contributed by atoms with Crippen LogP contribution in [0.3, 0.4) is 0 Å². The zero-order valence-corrected chi connectivity index (χ0v) is 27.0. The molecule has 0 aliphatic carbocycles. The molecule has 0 bridgehead atoms. The van der Waals surface area contributed by atoms with Gasteiger partial charge in [-0.05, 0) is 96.7 Å². The number of fused-ring (bicyclic) bond motifs is 11. The van der Waals surface area contributed by atoms with E-state index in [0.29, 0.717) is 0 Å². The van der Waals surface area contributed by atoms with Crippen molar-refractivity contribution in [3.8, 4) is 33.4 Å². The summed E-state index contributed by atoms with van der Waals surface area (Å²) in [6.45, 7) is 0. The van der Waals surface area contributed by atoms with Crippen molar-refractivity contribution in [1.29, 1.82) is 0 Å². The Labute approximate surface area is 287 Å². The summed E-state index contributed by atoms with van der Waals surface area (Å²) in [6.07, 6.45) is 0. The predicted octanol–water partition coefficient (Wildman–Crippen LogP) is 13.9. The molecule has 0 amide bonds. The maximum absolute atomic E-state index is 6.50. The molecule has 232 valence electrons. The molecule has 0 radical (unpaired) electrons. The molecular formula is C48H28O2. The smallest absolute Gasteiger partial charge is 0.143 e. The van der Waals surface area contributed by atoms with Gasteiger partial charge in [-0.2, -0.15) is 0 Å². The maximum Gasteiger partial charge on any atom is 0.143 e. The molecule has 0 aliphatic rings. The quantitative estimate of drug-likeness (QED) is 0.180. The van der Waals surface area contributed by atoms with Gasteiger partial charge in [0.1, 0.15) is 22.3 Å². The van der Waals surface area contributed by atoms with E-state index in [1.54, 1.807) is 0 Å². The molecule has 50 heavy (non-hydrogen) atoms. The van der Waals surface area contributed by atoms with Gasteiger partial charge in [0.05, 0.1) is 0 Å². The van der Waals surface area contributed by atoms with E-state index in [1.165, 1.54) is 43.8 Å². The lowest BCUT2D eigenvalue weighted by molar-refractivity contribution is 0.669. The van der Waals surface area contributed by atoms with Crippen molar-refractivity contribution in [2.75, 3.05) is 0 Å². The second-order valence-electron chi connectivity index (χ2n) is 13.2. The summed E-state index contributed by atoms with van der Waals surface area (Å²) in [5.74, 6) is 0. The minimum Gasteiger partial charge on any atom is -0.456 e. The fourth-order valence-corrected chi connectivity index (χ4v) is 8.23. The van der Waals surface area contributed by atoms with Gasteiger partial charge in [-0.3, -0.25) is 0 Å². The van der Waals surface area contributed by atoms with Crippen LogP contribution in [0.15, 0.2) is 179 Å². The van der Waals surface area contributed by atoms with Gasteiger partial charge in [-0.1, -0.05) is 133 Å². The second-order valence-corrected chi connectivity index (χ2v) is 13.2. The molecule has 9 aromatic carbocycles. The van der Waals surface area contributed by atoms with Crippen LogP contribution in [0, 0.1) is 0 Å². The second kappa shape index (κ2) is 10.4. The van der Waals surface area contributed by atoms with Crippen LogP contribution in [0.1, 0.15) is 0 Å². The third-order valence-corrected chi connectivity index (χ3v) is 10.5. The summed E-state index contributed by atoms with van der Waals surface area (Å²) in [5, 5.41) is 11.8. The van der Waals surface area contributed by atoms with E-state index in [-0.39, 0.29) is 0 Å². The molecule has 0 unspecified atom stereocenters. The van der Waals surface area contributed by atoms with Crippen molar-refractivity contribution in [1.82, 2.24) is 0 Å². The van der Waals surface area contributed by atoms with Gasteiger partial charge in [0.2, 0.25) is 0 Å². The van der Waals surface area contributed by atoms with Crippen LogP contribution >= 0.6 is 0 Å². The van der Waals surface area contributed by atoms with E-state index in [0.717, 1.165) is 65.8 Å². The Balaban J connectivity index is 1.04. The van der Waals surface area contributed by atoms with E-state index >= 15 is 0 Å². The zero-order valence-electron chi connectivity index (χ0n) is 27.0. The fraction of sp³-hybridized carbons (Fsp3) is 0. The third-order valence-electron chi connectivity index (χ3n) is 10.5. The Morgan fingerprint density at radius 2 is 0.760 bits per heavy atom. The van der Waals surface area contributed by atoms with E-state index in [2.05, 4.69) is 158 Å². The molecule has 11 aromatic rings. The van der Waals surface area contributed by atoms with Gasteiger partial charge in [0.15, 0.2) is 0 Å². The summed E-state index contributed by atoms with van der Waals surface area (Å²) >= 11 is 0. The molecule has 2 nitrogen and oxygen atoms in total. The number of hydrogen-bond donors (Lipinski definition) is 0. The van der Waals surface area contributed by atoms with Crippen molar-refractivity contribution < 1.29 is 8.83 Å². The highest BCUT2D eigenvalue weighted by Crippen LogP contribution is 2.45.